The molecule has 0 saturated carbocycles. The molecule has 4 nitrogen and oxygen atoms in total. The van der Waals surface area contributed by atoms with E-state index in [9.17, 15) is 0 Å². The minimum absolute atomic E-state index is 0.214. The topological polar surface area (TPSA) is 39.4 Å². The lowest BCUT2D eigenvalue weighted by atomic mass is 9.82. The van der Waals surface area contributed by atoms with Gasteiger partial charge >= 0.3 is 0 Å². The van der Waals surface area contributed by atoms with Crippen LogP contribution in [0.25, 0.3) is 0 Å². The van der Waals surface area contributed by atoms with E-state index in [1.165, 1.54) is 11.3 Å². The molecule has 23 heavy (non-hydrogen) atoms. The van der Waals surface area contributed by atoms with Crippen molar-refractivity contribution in [1.82, 2.24) is 9.78 Å². The summed E-state index contributed by atoms with van der Waals surface area (Å²) in [5.74, 6) is 1.91. The fraction of sp³-hybridized carbons (Fsp3) is 0.474. The molecule has 122 valence electrons. The van der Waals surface area contributed by atoms with Gasteiger partial charge in [0, 0.05) is 6.42 Å². The first-order valence-electron chi connectivity index (χ1n) is 8.32. The van der Waals surface area contributed by atoms with Crippen molar-refractivity contribution in [3.63, 3.8) is 0 Å². The third kappa shape index (κ3) is 3.31. The highest BCUT2D eigenvalue weighted by molar-refractivity contribution is 5.86. The van der Waals surface area contributed by atoms with Crippen LogP contribution >= 0.6 is 0 Å². The van der Waals surface area contributed by atoms with E-state index in [2.05, 4.69) is 61.2 Å². The van der Waals surface area contributed by atoms with Gasteiger partial charge in [0.05, 0.1) is 24.5 Å². The van der Waals surface area contributed by atoms with Crippen LogP contribution in [0, 0.1) is 6.92 Å². The average Bonchev–Trinajstić information content (AvgIpc) is 3.08. The van der Waals surface area contributed by atoms with Crippen molar-refractivity contribution in [1.29, 1.82) is 0 Å². The highest BCUT2D eigenvalue weighted by Gasteiger charge is 2.18. The monoisotopic (exact) mass is 311 g/mol. The third-order valence-electron chi connectivity index (χ3n) is 4.69. The molecule has 0 N–H and O–H groups in total. The Balaban J connectivity index is 1.56. The summed E-state index contributed by atoms with van der Waals surface area (Å²) in [6, 6.07) is 10.5. The molecule has 1 aliphatic heterocycles. The second-order valence-corrected chi connectivity index (χ2v) is 6.78. The summed E-state index contributed by atoms with van der Waals surface area (Å²) in [5, 5.41) is 4.48. The predicted octanol–water partition coefficient (Wildman–Crippen LogP) is 4.11. The van der Waals surface area contributed by atoms with Gasteiger partial charge in [-0.3, -0.25) is 4.99 Å². The molecule has 0 amide bonds. The van der Waals surface area contributed by atoms with E-state index in [-0.39, 0.29) is 5.41 Å². The van der Waals surface area contributed by atoms with E-state index in [4.69, 9.17) is 4.74 Å². The minimum Gasteiger partial charge on any atom is -0.493 e. The summed E-state index contributed by atoms with van der Waals surface area (Å²) in [6.07, 6.45) is 1.90. The van der Waals surface area contributed by atoms with Crippen LogP contribution in [0.2, 0.25) is 0 Å². The molecule has 0 bridgehead atoms. The number of aromatic nitrogens is 2. The van der Waals surface area contributed by atoms with Crippen LogP contribution in [-0.4, -0.2) is 22.2 Å². The highest BCUT2D eigenvalue weighted by Crippen LogP contribution is 2.28. The molecule has 1 aromatic carbocycles. The Kier molecular flexibility index (Phi) is 4.24. The number of aryl methyl sites for hydroxylation is 1. The Morgan fingerprint density at radius 1 is 1.22 bits per heavy atom. The molecule has 2 aromatic rings. The summed E-state index contributed by atoms with van der Waals surface area (Å²) in [7, 11) is 0. The first-order valence-corrected chi connectivity index (χ1v) is 8.32. The van der Waals surface area contributed by atoms with Crippen LogP contribution in [0.4, 0.5) is 0 Å². The number of ether oxygens (including phenoxy) is 1. The fourth-order valence-electron chi connectivity index (χ4n) is 2.78. The van der Waals surface area contributed by atoms with Crippen LogP contribution in [0.5, 0.6) is 5.75 Å². The predicted molar refractivity (Wildman–Crippen MR) is 93.4 cm³/mol. The Bertz CT molecular complexity index is 711. The molecule has 0 aliphatic carbocycles. The molecule has 4 heteroatoms. The maximum absolute atomic E-state index is 5.87. The second-order valence-electron chi connectivity index (χ2n) is 6.78. The zero-order chi connectivity index (χ0) is 16.4. The summed E-state index contributed by atoms with van der Waals surface area (Å²) in [4.78, 5) is 4.53. The van der Waals surface area contributed by atoms with Crippen molar-refractivity contribution in [2.45, 2.75) is 52.5 Å². The lowest BCUT2D eigenvalue weighted by Crippen LogP contribution is -2.16. The largest absolute Gasteiger partial charge is 0.493 e. The quantitative estimate of drug-likeness (QED) is 0.805. The average molecular weight is 311 g/mol. The maximum atomic E-state index is 5.87. The van der Waals surface area contributed by atoms with Crippen molar-refractivity contribution in [2.24, 2.45) is 4.99 Å². The summed E-state index contributed by atoms with van der Waals surface area (Å²) < 4.78 is 7.82. The maximum Gasteiger partial charge on any atom is 0.128 e. The van der Waals surface area contributed by atoms with E-state index in [0.717, 1.165) is 36.7 Å². The van der Waals surface area contributed by atoms with Gasteiger partial charge < -0.3 is 4.74 Å². The molecule has 1 aromatic heterocycles. The summed E-state index contributed by atoms with van der Waals surface area (Å²) in [6.45, 7) is 10.1. The first-order chi connectivity index (χ1) is 11.0. The molecular weight excluding hydrogens is 286 g/mol. The Morgan fingerprint density at radius 3 is 2.65 bits per heavy atom. The second kappa shape index (κ2) is 6.19. The molecule has 1 aliphatic rings. The van der Waals surface area contributed by atoms with Gasteiger partial charge in [-0.15, -0.1) is 0 Å². The van der Waals surface area contributed by atoms with Gasteiger partial charge in [-0.2, -0.15) is 5.10 Å². The Morgan fingerprint density at radius 2 is 1.96 bits per heavy atom. The summed E-state index contributed by atoms with van der Waals surface area (Å²) >= 11 is 0. The fourth-order valence-corrected chi connectivity index (χ4v) is 2.78. The number of hydrogen-bond acceptors (Lipinski definition) is 3. The lowest BCUT2D eigenvalue weighted by Gasteiger charge is -2.23. The summed E-state index contributed by atoms with van der Waals surface area (Å²) in [5.41, 5.74) is 3.78. The van der Waals surface area contributed by atoms with E-state index in [0.29, 0.717) is 6.61 Å². The van der Waals surface area contributed by atoms with Crippen molar-refractivity contribution in [3.05, 3.63) is 47.3 Å². The zero-order valence-corrected chi connectivity index (χ0v) is 14.5. The van der Waals surface area contributed by atoms with Gasteiger partial charge in [-0.1, -0.05) is 32.9 Å². The van der Waals surface area contributed by atoms with Crippen LogP contribution in [-0.2, 0) is 12.0 Å². The SMILES string of the molecule is CCC(C)(C)c1ccc(OCCC2=NCc3cc(C)nn32)cc1. The van der Waals surface area contributed by atoms with Crippen molar-refractivity contribution < 1.29 is 4.74 Å². The molecule has 3 rings (SSSR count). The number of benzene rings is 1. The van der Waals surface area contributed by atoms with Crippen molar-refractivity contribution in [3.8, 4) is 5.75 Å². The van der Waals surface area contributed by atoms with Crippen LogP contribution in [0.1, 0.15) is 50.6 Å². The molecule has 0 spiro atoms. The zero-order valence-electron chi connectivity index (χ0n) is 14.5. The minimum atomic E-state index is 0.214. The number of aliphatic imine (C=N–C) groups is 1. The normalized spacial score (nSPS) is 13.8. The number of hydrogen-bond donors (Lipinski definition) is 0. The van der Waals surface area contributed by atoms with E-state index >= 15 is 0 Å². The van der Waals surface area contributed by atoms with Gasteiger partial charge in [0.15, 0.2) is 0 Å². The van der Waals surface area contributed by atoms with Crippen molar-refractivity contribution >= 4 is 5.84 Å². The van der Waals surface area contributed by atoms with Gasteiger partial charge in [0.1, 0.15) is 11.6 Å². The van der Waals surface area contributed by atoms with Crippen molar-refractivity contribution in [2.75, 3.05) is 6.61 Å². The highest BCUT2D eigenvalue weighted by atomic mass is 16.5. The van der Waals surface area contributed by atoms with Gasteiger partial charge in [-0.05, 0) is 42.5 Å². The van der Waals surface area contributed by atoms with E-state index in [1.807, 2.05) is 11.6 Å². The number of rotatable bonds is 6. The molecule has 0 unspecified atom stereocenters. The molecule has 0 fully saturated rings. The third-order valence-corrected chi connectivity index (χ3v) is 4.69. The lowest BCUT2D eigenvalue weighted by molar-refractivity contribution is 0.327. The smallest absolute Gasteiger partial charge is 0.128 e. The molecule has 0 saturated heterocycles. The molecule has 2 heterocycles. The van der Waals surface area contributed by atoms with Gasteiger partial charge in [0.2, 0.25) is 0 Å². The molecule has 0 radical (unpaired) electrons. The van der Waals surface area contributed by atoms with Crippen LogP contribution < -0.4 is 4.74 Å². The number of nitrogens with zero attached hydrogens (tertiary/aromatic N) is 3. The van der Waals surface area contributed by atoms with Crippen LogP contribution in [0.3, 0.4) is 0 Å². The molecule has 0 atom stereocenters. The van der Waals surface area contributed by atoms with Gasteiger partial charge in [-0.25, -0.2) is 4.68 Å². The van der Waals surface area contributed by atoms with Gasteiger partial charge in [0.25, 0.3) is 0 Å². The van der Waals surface area contributed by atoms with Crippen LogP contribution in [0.15, 0.2) is 35.3 Å². The van der Waals surface area contributed by atoms with E-state index < -0.39 is 0 Å². The standard InChI is InChI=1S/C19H25N3O/c1-5-19(3,4)15-6-8-17(9-7-15)23-11-10-18-20-13-16-12-14(2)21-22(16)18/h6-9,12H,5,10-11,13H2,1-4H3. The Hall–Kier alpha value is -2.10. The van der Waals surface area contributed by atoms with E-state index in [1.54, 1.807) is 0 Å². The number of fused-ring (bicyclic) bond motifs is 1. The first kappa shape index (κ1) is 15.8. The Labute approximate surface area is 138 Å². The molecular formula is C19H25N3O.